The second-order valence-electron chi connectivity index (χ2n) is 6.35. The largest absolute Gasteiger partial charge is 0.338 e. The number of nitrogens with zero attached hydrogens (tertiary/aromatic N) is 1. The normalized spacial score (nSPS) is 24.9. The molecule has 3 rings (SSSR count). The average Bonchev–Trinajstić information content (AvgIpc) is 2.55. The lowest BCUT2D eigenvalue weighted by Gasteiger charge is -2.28. The number of amides is 3. The SMILES string of the molecule is C[C@H]1C[C@@H](C(=O)Nc2cccc(N3CCCNC3=O)c2)CCN1. The van der Waals surface area contributed by atoms with Crippen molar-refractivity contribution < 1.29 is 9.59 Å². The van der Waals surface area contributed by atoms with E-state index in [2.05, 4.69) is 22.9 Å². The Hall–Kier alpha value is -2.08. The Bertz CT molecular complexity index is 590. The molecular weight excluding hydrogens is 292 g/mol. The Morgan fingerprint density at radius 1 is 1.35 bits per heavy atom. The van der Waals surface area contributed by atoms with Gasteiger partial charge in [-0.25, -0.2) is 4.79 Å². The molecule has 0 radical (unpaired) electrons. The van der Waals surface area contributed by atoms with E-state index in [1.54, 1.807) is 4.90 Å². The van der Waals surface area contributed by atoms with Crippen molar-refractivity contribution in [3.8, 4) is 0 Å². The van der Waals surface area contributed by atoms with Crippen LogP contribution < -0.4 is 20.9 Å². The van der Waals surface area contributed by atoms with E-state index in [1.165, 1.54) is 0 Å². The Morgan fingerprint density at radius 3 is 3.00 bits per heavy atom. The second-order valence-corrected chi connectivity index (χ2v) is 6.35. The molecule has 2 aliphatic rings. The fourth-order valence-electron chi connectivity index (χ4n) is 3.24. The number of hydrogen-bond acceptors (Lipinski definition) is 3. The molecule has 0 bridgehead atoms. The first-order valence-electron chi connectivity index (χ1n) is 8.33. The molecule has 6 nitrogen and oxygen atoms in total. The van der Waals surface area contributed by atoms with Gasteiger partial charge in [-0.3, -0.25) is 9.69 Å². The van der Waals surface area contributed by atoms with Crippen molar-refractivity contribution in [2.75, 3.05) is 29.9 Å². The Morgan fingerprint density at radius 2 is 2.22 bits per heavy atom. The van der Waals surface area contributed by atoms with Crippen LogP contribution in [0, 0.1) is 5.92 Å². The van der Waals surface area contributed by atoms with Crippen molar-refractivity contribution in [2.24, 2.45) is 5.92 Å². The lowest BCUT2D eigenvalue weighted by Crippen LogP contribution is -2.46. The molecule has 2 aliphatic heterocycles. The molecule has 2 heterocycles. The van der Waals surface area contributed by atoms with E-state index in [-0.39, 0.29) is 17.9 Å². The quantitative estimate of drug-likeness (QED) is 0.798. The van der Waals surface area contributed by atoms with Crippen molar-refractivity contribution in [1.29, 1.82) is 0 Å². The Labute approximate surface area is 136 Å². The van der Waals surface area contributed by atoms with Gasteiger partial charge >= 0.3 is 6.03 Å². The third-order valence-electron chi connectivity index (χ3n) is 4.50. The van der Waals surface area contributed by atoms with Gasteiger partial charge in [0.25, 0.3) is 0 Å². The van der Waals surface area contributed by atoms with E-state index < -0.39 is 0 Å². The molecule has 0 unspecified atom stereocenters. The van der Waals surface area contributed by atoms with Gasteiger partial charge in [0.1, 0.15) is 0 Å². The van der Waals surface area contributed by atoms with Crippen LogP contribution in [-0.2, 0) is 4.79 Å². The molecule has 0 spiro atoms. The number of hydrogen-bond donors (Lipinski definition) is 3. The monoisotopic (exact) mass is 316 g/mol. The molecule has 2 fully saturated rings. The van der Waals surface area contributed by atoms with Crippen LogP contribution in [0.15, 0.2) is 24.3 Å². The molecular formula is C17H24N4O2. The van der Waals surface area contributed by atoms with E-state index in [9.17, 15) is 9.59 Å². The Balaban J connectivity index is 1.67. The van der Waals surface area contributed by atoms with Crippen molar-refractivity contribution in [1.82, 2.24) is 10.6 Å². The number of benzene rings is 1. The third kappa shape index (κ3) is 3.82. The molecule has 124 valence electrons. The molecule has 3 N–H and O–H groups in total. The van der Waals surface area contributed by atoms with Crippen LogP contribution in [-0.4, -0.2) is 37.6 Å². The molecule has 2 atom stereocenters. The third-order valence-corrected chi connectivity index (χ3v) is 4.50. The van der Waals surface area contributed by atoms with E-state index in [0.717, 1.165) is 43.7 Å². The maximum Gasteiger partial charge on any atom is 0.321 e. The Kier molecular flexibility index (Phi) is 4.81. The molecule has 1 aromatic carbocycles. The van der Waals surface area contributed by atoms with Gasteiger partial charge in [-0.15, -0.1) is 0 Å². The van der Waals surface area contributed by atoms with Gasteiger partial charge in [0.2, 0.25) is 5.91 Å². The number of rotatable bonds is 3. The van der Waals surface area contributed by atoms with Crippen LogP contribution in [0.2, 0.25) is 0 Å². The van der Waals surface area contributed by atoms with Gasteiger partial charge in [-0.2, -0.15) is 0 Å². The summed E-state index contributed by atoms with van der Waals surface area (Å²) in [6, 6.07) is 7.81. The summed E-state index contributed by atoms with van der Waals surface area (Å²) >= 11 is 0. The summed E-state index contributed by atoms with van der Waals surface area (Å²) in [4.78, 5) is 26.1. The van der Waals surface area contributed by atoms with Crippen LogP contribution in [0.4, 0.5) is 16.2 Å². The zero-order valence-corrected chi connectivity index (χ0v) is 13.5. The number of anilines is 2. The summed E-state index contributed by atoms with van der Waals surface area (Å²) in [6.07, 6.45) is 2.65. The second kappa shape index (κ2) is 7.00. The minimum Gasteiger partial charge on any atom is -0.338 e. The number of nitrogens with one attached hydrogen (secondary N) is 3. The molecule has 6 heteroatoms. The molecule has 0 aliphatic carbocycles. The first-order valence-corrected chi connectivity index (χ1v) is 8.33. The highest BCUT2D eigenvalue weighted by molar-refractivity contribution is 5.96. The lowest BCUT2D eigenvalue weighted by molar-refractivity contribution is -0.120. The summed E-state index contributed by atoms with van der Waals surface area (Å²) in [5.74, 6) is 0.117. The first-order chi connectivity index (χ1) is 11.1. The van der Waals surface area contributed by atoms with Gasteiger partial charge < -0.3 is 16.0 Å². The maximum absolute atomic E-state index is 12.4. The smallest absolute Gasteiger partial charge is 0.321 e. The molecule has 0 saturated carbocycles. The fraction of sp³-hybridized carbons (Fsp3) is 0.529. The van der Waals surface area contributed by atoms with Crippen LogP contribution in [0.3, 0.4) is 0 Å². The maximum atomic E-state index is 12.4. The molecule has 1 aromatic rings. The topological polar surface area (TPSA) is 73.5 Å². The van der Waals surface area contributed by atoms with Gasteiger partial charge in [0.05, 0.1) is 0 Å². The number of urea groups is 1. The summed E-state index contributed by atoms with van der Waals surface area (Å²) in [6.45, 7) is 4.41. The van der Waals surface area contributed by atoms with Crippen molar-refractivity contribution >= 4 is 23.3 Å². The molecule has 0 aromatic heterocycles. The standard InChI is InChI=1S/C17H24N4O2/c1-12-10-13(6-8-18-12)16(22)20-14-4-2-5-15(11-14)21-9-3-7-19-17(21)23/h2,4-5,11-13,18H,3,6-10H2,1H3,(H,19,23)(H,20,22)/t12-,13-/m0/s1. The number of carbonyl (C=O) groups excluding carboxylic acids is 2. The minimum absolute atomic E-state index is 0.0493. The van der Waals surface area contributed by atoms with Gasteiger partial charge in [-0.05, 0) is 50.9 Å². The highest BCUT2D eigenvalue weighted by Gasteiger charge is 2.25. The van der Waals surface area contributed by atoms with Crippen molar-refractivity contribution in [3.05, 3.63) is 24.3 Å². The van der Waals surface area contributed by atoms with Crippen LogP contribution in [0.1, 0.15) is 26.2 Å². The lowest BCUT2D eigenvalue weighted by atomic mass is 9.92. The highest BCUT2D eigenvalue weighted by Crippen LogP contribution is 2.23. The van der Waals surface area contributed by atoms with Crippen LogP contribution >= 0.6 is 0 Å². The average molecular weight is 316 g/mol. The number of piperidine rings is 1. The van der Waals surface area contributed by atoms with E-state index >= 15 is 0 Å². The van der Waals surface area contributed by atoms with Gasteiger partial charge in [0.15, 0.2) is 0 Å². The zero-order chi connectivity index (χ0) is 16.2. The van der Waals surface area contributed by atoms with E-state index in [1.807, 2.05) is 24.3 Å². The summed E-state index contributed by atoms with van der Waals surface area (Å²) in [5.41, 5.74) is 1.57. The van der Waals surface area contributed by atoms with Crippen molar-refractivity contribution in [3.63, 3.8) is 0 Å². The summed E-state index contributed by atoms with van der Waals surface area (Å²) < 4.78 is 0. The summed E-state index contributed by atoms with van der Waals surface area (Å²) in [7, 11) is 0. The predicted molar refractivity (Wildman–Crippen MR) is 90.6 cm³/mol. The fourth-order valence-corrected chi connectivity index (χ4v) is 3.24. The van der Waals surface area contributed by atoms with E-state index in [4.69, 9.17) is 0 Å². The minimum atomic E-state index is -0.0769. The highest BCUT2D eigenvalue weighted by atomic mass is 16.2. The van der Waals surface area contributed by atoms with Gasteiger partial charge in [0, 0.05) is 36.4 Å². The molecule has 23 heavy (non-hydrogen) atoms. The summed E-state index contributed by atoms with van der Waals surface area (Å²) in [5, 5.41) is 9.20. The van der Waals surface area contributed by atoms with Crippen LogP contribution in [0.25, 0.3) is 0 Å². The van der Waals surface area contributed by atoms with Gasteiger partial charge in [-0.1, -0.05) is 6.07 Å². The molecule has 3 amide bonds. The number of carbonyl (C=O) groups is 2. The first kappa shape index (κ1) is 15.8. The van der Waals surface area contributed by atoms with Crippen molar-refractivity contribution in [2.45, 2.75) is 32.2 Å². The predicted octanol–water partition coefficient (Wildman–Crippen LogP) is 1.93. The molecule has 2 saturated heterocycles. The van der Waals surface area contributed by atoms with E-state index in [0.29, 0.717) is 12.6 Å². The zero-order valence-electron chi connectivity index (χ0n) is 13.5. The van der Waals surface area contributed by atoms with Crippen LogP contribution in [0.5, 0.6) is 0 Å².